The Hall–Kier alpha value is -2.32. The first kappa shape index (κ1) is 16.5. The molecule has 0 bridgehead atoms. The maximum absolute atomic E-state index is 6.00. The Morgan fingerprint density at radius 1 is 1.25 bits per heavy atom. The van der Waals surface area contributed by atoms with Gasteiger partial charge in [-0.25, -0.2) is 9.97 Å². The van der Waals surface area contributed by atoms with Crippen LogP contribution in [0.15, 0.2) is 41.3 Å². The highest BCUT2D eigenvalue weighted by atomic mass is 79.9. The van der Waals surface area contributed by atoms with Gasteiger partial charge in [0, 0.05) is 48.0 Å². The lowest BCUT2D eigenvalue weighted by Crippen LogP contribution is -2.09. The Bertz CT molecular complexity index is 802. The molecule has 0 amide bonds. The third kappa shape index (κ3) is 4.36. The second-order valence-electron chi connectivity index (χ2n) is 5.00. The molecule has 7 nitrogen and oxygen atoms in total. The van der Waals surface area contributed by atoms with E-state index in [9.17, 15) is 0 Å². The largest absolute Gasteiger partial charge is 0.399 e. The zero-order chi connectivity index (χ0) is 16.9. The number of aromatic amines is 1. The summed E-state index contributed by atoms with van der Waals surface area (Å²) in [6.07, 6.45) is 5.97. The van der Waals surface area contributed by atoms with Gasteiger partial charge in [0.1, 0.15) is 11.6 Å². The summed E-state index contributed by atoms with van der Waals surface area (Å²) in [5.41, 5.74) is 7.08. The number of nitrogens with zero attached hydrogens (tertiary/aromatic N) is 3. The molecule has 124 valence electrons. The molecule has 0 aliphatic heterocycles. The number of hydrogen-bond donors (Lipinski definition) is 4. The molecule has 24 heavy (non-hydrogen) atoms. The number of benzene rings is 1. The van der Waals surface area contributed by atoms with Gasteiger partial charge in [0.05, 0.1) is 4.47 Å². The van der Waals surface area contributed by atoms with E-state index in [0.717, 1.165) is 22.4 Å². The summed E-state index contributed by atoms with van der Waals surface area (Å²) in [6.45, 7) is 0.687. The van der Waals surface area contributed by atoms with Gasteiger partial charge in [-0.05, 0) is 34.1 Å². The van der Waals surface area contributed by atoms with Crippen molar-refractivity contribution < 1.29 is 0 Å². The van der Waals surface area contributed by atoms with Crippen LogP contribution >= 0.6 is 27.5 Å². The van der Waals surface area contributed by atoms with Crippen molar-refractivity contribution in [1.29, 1.82) is 0 Å². The van der Waals surface area contributed by atoms with Crippen LogP contribution in [0.4, 0.5) is 23.1 Å². The van der Waals surface area contributed by atoms with Crippen molar-refractivity contribution in [2.45, 2.75) is 6.42 Å². The molecule has 5 N–H and O–H groups in total. The number of anilines is 4. The van der Waals surface area contributed by atoms with Gasteiger partial charge in [-0.1, -0.05) is 11.6 Å². The van der Waals surface area contributed by atoms with Crippen molar-refractivity contribution in [3.63, 3.8) is 0 Å². The van der Waals surface area contributed by atoms with Gasteiger partial charge in [-0.3, -0.25) is 0 Å². The smallest absolute Gasteiger partial charge is 0.229 e. The number of nitrogens with one attached hydrogen (secondary N) is 3. The number of hydrogen-bond acceptors (Lipinski definition) is 6. The molecule has 0 saturated heterocycles. The van der Waals surface area contributed by atoms with E-state index in [1.807, 2.05) is 0 Å². The molecule has 0 aliphatic carbocycles. The molecule has 0 spiro atoms. The number of nitrogens with two attached hydrogens (primary N) is 1. The lowest BCUT2D eigenvalue weighted by molar-refractivity contribution is 0.919. The quantitative estimate of drug-likeness (QED) is 0.465. The molecular weight excluding hydrogens is 394 g/mol. The molecule has 1 aromatic carbocycles. The van der Waals surface area contributed by atoms with Crippen molar-refractivity contribution in [3.05, 3.63) is 52.1 Å². The summed E-state index contributed by atoms with van der Waals surface area (Å²) < 4.78 is 0.776. The number of nitrogen functional groups attached to an aromatic ring is 1. The topological polar surface area (TPSA) is 105 Å². The third-order valence-corrected chi connectivity index (χ3v) is 3.93. The predicted molar refractivity (Wildman–Crippen MR) is 99.7 cm³/mol. The van der Waals surface area contributed by atoms with Crippen LogP contribution < -0.4 is 16.4 Å². The minimum absolute atomic E-state index is 0.445. The maximum atomic E-state index is 6.00. The second kappa shape index (κ2) is 7.50. The zero-order valence-electron chi connectivity index (χ0n) is 12.6. The van der Waals surface area contributed by atoms with Crippen LogP contribution in [0, 0.1) is 0 Å². The van der Waals surface area contributed by atoms with E-state index in [0.29, 0.717) is 29.0 Å². The summed E-state index contributed by atoms with van der Waals surface area (Å²) in [6, 6.07) is 5.20. The fourth-order valence-corrected chi connectivity index (χ4v) is 2.67. The molecule has 0 atom stereocenters. The molecule has 0 unspecified atom stereocenters. The Kier molecular flexibility index (Phi) is 5.17. The predicted octanol–water partition coefficient (Wildman–Crippen LogP) is 3.60. The van der Waals surface area contributed by atoms with Crippen molar-refractivity contribution in [1.82, 2.24) is 19.9 Å². The maximum Gasteiger partial charge on any atom is 0.229 e. The third-order valence-electron chi connectivity index (χ3n) is 3.13. The van der Waals surface area contributed by atoms with Gasteiger partial charge in [0.25, 0.3) is 0 Å². The number of rotatable bonds is 6. The van der Waals surface area contributed by atoms with Crippen molar-refractivity contribution in [3.8, 4) is 0 Å². The lowest BCUT2D eigenvalue weighted by atomic mass is 10.3. The summed E-state index contributed by atoms with van der Waals surface area (Å²) >= 11 is 9.44. The summed E-state index contributed by atoms with van der Waals surface area (Å²) in [5.74, 6) is 2.05. The minimum atomic E-state index is 0.445. The van der Waals surface area contributed by atoms with E-state index in [1.54, 1.807) is 36.8 Å². The Morgan fingerprint density at radius 3 is 2.88 bits per heavy atom. The van der Waals surface area contributed by atoms with Gasteiger partial charge >= 0.3 is 0 Å². The average Bonchev–Trinajstić information content (AvgIpc) is 3.03. The number of imidazole rings is 1. The molecule has 3 aromatic rings. The number of halogens is 2. The van der Waals surface area contributed by atoms with Crippen molar-refractivity contribution in [2.24, 2.45) is 0 Å². The van der Waals surface area contributed by atoms with E-state index in [2.05, 4.69) is 46.5 Å². The van der Waals surface area contributed by atoms with E-state index in [4.69, 9.17) is 17.3 Å². The van der Waals surface area contributed by atoms with Crippen molar-refractivity contribution in [2.75, 3.05) is 22.9 Å². The van der Waals surface area contributed by atoms with Crippen LogP contribution in [0.2, 0.25) is 5.02 Å². The van der Waals surface area contributed by atoms with Crippen LogP contribution in [-0.4, -0.2) is 26.5 Å². The highest BCUT2D eigenvalue weighted by molar-refractivity contribution is 9.10. The Balaban J connectivity index is 1.68. The monoisotopic (exact) mass is 407 g/mol. The van der Waals surface area contributed by atoms with Gasteiger partial charge in [-0.2, -0.15) is 4.98 Å². The fraction of sp³-hybridized carbons (Fsp3) is 0.133. The van der Waals surface area contributed by atoms with Gasteiger partial charge in [0.15, 0.2) is 0 Å². The van der Waals surface area contributed by atoms with Crippen LogP contribution in [0.3, 0.4) is 0 Å². The van der Waals surface area contributed by atoms with Gasteiger partial charge < -0.3 is 21.4 Å². The van der Waals surface area contributed by atoms with Crippen LogP contribution in [0.1, 0.15) is 5.82 Å². The second-order valence-corrected chi connectivity index (χ2v) is 6.29. The SMILES string of the molecule is Nc1cc(Cl)cc(Nc2ncc(Br)c(NCCc3ncc[nH]3)n2)c1. The first-order chi connectivity index (χ1) is 11.6. The summed E-state index contributed by atoms with van der Waals surface area (Å²) in [7, 11) is 0. The molecule has 0 radical (unpaired) electrons. The average molecular weight is 409 g/mol. The molecule has 9 heteroatoms. The van der Waals surface area contributed by atoms with Gasteiger partial charge in [0.2, 0.25) is 5.95 Å². The Labute approximate surface area is 152 Å². The first-order valence-electron chi connectivity index (χ1n) is 7.18. The first-order valence-corrected chi connectivity index (χ1v) is 8.35. The normalized spacial score (nSPS) is 10.6. The molecule has 2 aromatic heterocycles. The molecular formula is C15H15BrClN7. The molecule has 0 fully saturated rings. The van der Waals surface area contributed by atoms with Crippen molar-refractivity contribution >= 4 is 50.7 Å². The fourth-order valence-electron chi connectivity index (χ4n) is 2.10. The Morgan fingerprint density at radius 2 is 2.12 bits per heavy atom. The summed E-state index contributed by atoms with van der Waals surface area (Å²) in [5, 5.41) is 6.89. The minimum Gasteiger partial charge on any atom is -0.399 e. The lowest BCUT2D eigenvalue weighted by Gasteiger charge is -2.10. The number of H-pyrrole nitrogens is 1. The highest BCUT2D eigenvalue weighted by Crippen LogP contribution is 2.25. The zero-order valence-corrected chi connectivity index (χ0v) is 14.9. The van der Waals surface area contributed by atoms with E-state index in [-0.39, 0.29) is 0 Å². The van der Waals surface area contributed by atoms with Crippen LogP contribution in [0.5, 0.6) is 0 Å². The van der Waals surface area contributed by atoms with E-state index < -0.39 is 0 Å². The van der Waals surface area contributed by atoms with Crippen LogP contribution in [-0.2, 0) is 6.42 Å². The van der Waals surface area contributed by atoms with E-state index >= 15 is 0 Å². The molecule has 0 saturated carbocycles. The molecule has 3 rings (SSSR count). The standard InChI is InChI=1S/C15H15BrClN7/c16-12-8-22-15(23-11-6-9(17)5-10(18)7-11)24-14(12)21-2-1-13-19-3-4-20-13/h3-8H,1-2,18H2,(H,19,20)(H2,21,22,23,24). The van der Waals surface area contributed by atoms with Gasteiger partial charge in [-0.15, -0.1) is 0 Å². The highest BCUT2D eigenvalue weighted by Gasteiger charge is 2.06. The molecule has 0 aliphatic rings. The summed E-state index contributed by atoms with van der Waals surface area (Å²) in [4.78, 5) is 15.9. The number of aromatic nitrogens is 4. The molecule has 2 heterocycles. The van der Waals surface area contributed by atoms with E-state index in [1.165, 1.54) is 0 Å². The van der Waals surface area contributed by atoms with Crippen LogP contribution in [0.25, 0.3) is 0 Å².